The summed E-state index contributed by atoms with van der Waals surface area (Å²) in [6.07, 6.45) is 8.86. The quantitative estimate of drug-likeness (QED) is 0.548. The molecule has 4 rings (SSSR count). The van der Waals surface area contributed by atoms with Gasteiger partial charge in [-0.15, -0.1) is 0 Å². The molecule has 1 N–H and O–H groups in total. The van der Waals surface area contributed by atoms with E-state index in [1.54, 1.807) is 6.20 Å². The standard InChI is InChI=1S/C25H27NO3/c27-25(28)13-9-18-8-12-24(29-17-19-5-2-1-3-6-19)22(15-18)20-10-11-23-21(16-20)7-4-14-26-23/h4,7-8,10-12,14-16,19H,1-3,5-6,9,13,17H2,(H,27,28). The maximum atomic E-state index is 11.0. The smallest absolute Gasteiger partial charge is 0.303 e. The van der Waals surface area contributed by atoms with Crippen LogP contribution in [0.2, 0.25) is 0 Å². The maximum Gasteiger partial charge on any atom is 0.303 e. The average molecular weight is 389 g/mol. The molecular weight excluding hydrogens is 362 g/mol. The van der Waals surface area contributed by atoms with Gasteiger partial charge in [0.2, 0.25) is 0 Å². The second kappa shape index (κ2) is 9.08. The van der Waals surface area contributed by atoms with Gasteiger partial charge in [0, 0.05) is 23.6 Å². The van der Waals surface area contributed by atoms with E-state index in [1.165, 1.54) is 32.1 Å². The van der Waals surface area contributed by atoms with E-state index in [9.17, 15) is 4.79 Å². The number of rotatable bonds is 7. The third kappa shape index (κ3) is 4.94. The fourth-order valence-electron chi connectivity index (χ4n) is 4.14. The van der Waals surface area contributed by atoms with Crippen molar-refractivity contribution in [2.45, 2.75) is 44.9 Å². The van der Waals surface area contributed by atoms with Gasteiger partial charge in [0.05, 0.1) is 12.1 Å². The van der Waals surface area contributed by atoms with Crippen molar-refractivity contribution in [1.82, 2.24) is 4.98 Å². The number of fused-ring (bicyclic) bond motifs is 1. The number of ether oxygens (including phenoxy) is 1. The lowest BCUT2D eigenvalue weighted by molar-refractivity contribution is -0.136. The van der Waals surface area contributed by atoms with Crippen LogP contribution in [0.3, 0.4) is 0 Å². The Morgan fingerprint density at radius 3 is 2.76 bits per heavy atom. The fraction of sp³-hybridized carbons (Fsp3) is 0.360. The zero-order chi connectivity index (χ0) is 20.1. The molecule has 0 unspecified atom stereocenters. The normalized spacial score (nSPS) is 14.8. The summed E-state index contributed by atoms with van der Waals surface area (Å²) in [6, 6.07) is 16.3. The number of nitrogens with zero attached hydrogens (tertiary/aromatic N) is 1. The van der Waals surface area contributed by atoms with Gasteiger partial charge in [-0.25, -0.2) is 0 Å². The highest BCUT2D eigenvalue weighted by atomic mass is 16.5. The van der Waals surface area contributed by atoms with Crippen LogP contribution in [0.5, 0.6) is 5.75 Å². The number of benzene rings is 2. The van der Waals surface area contributed by atoms with Crippen LogP contribution in [0.25, 0.3) is 22.0 Å². The molecule has 150 valence electrons. The number of pyridine rings is 1. The van der Waals surface area contributed by atoms with Crippen molar-refractivity contribution in [2.24, 2.45) is 5.92 Å². The van der Waals surface area contributed by atoms with Gasteiger partial charge < -0.3 is 9.84 Å². The van der Waals surface area contributed by atoms with Crippen LogP contribution in [0.1, 0.15) is 44.1 Å². The fourth-order valence-corrected chi connectivity index (χ4v) is 4.14. The van der Waals surface area contributed by atoms with Crippen molar-refractivity contribution in [3.8, 4) is 16.9 Å². The average Bonchev–Trinajstić information content (AvgIpc) is 2.77. The van der Waals surface area contributed by atoms with Gasteiger partial charge in [0.15, 0.2) is 0 Å². The summed E-state index contributed by atoms with van der Waals surface area (Å²) < 4.78 is 6.29. The predicted octanol–water partition coefficient (Wildman–Crippen LogP) is 5.88. The molecule has 29 heavy (non-hydrogen) atoms. The minimum absolute atomic E-state index is 0.128. The zero-order valence-electron chi connectivity index (χ0n) is 16.6. The Hall–Kier alpha value is -2.88. The number of carboxylic acid groups (broad SMARTS) is 1. The minimum atomic E-state index is -0.777. The molecule has 0 amide bonds. The van der Waals surface area contributed by atoms with Crippen LogP contribution in [0.15, 0.2) is 54.7 Å². The van der Waals surface area contributed by atoms with Gasteiger partial charge in [0.1, 0.15) is 5.75 Å². The van der Waals surface area contributed by atoms with Gasteiger partial charge in [-0.1, -0.05) is 37.5 Å². The predicted molar refractivity (Wildman–Crippen MR) is 115 cm³/mol. The highest BCUT2D eigenvalue weighted by Gasteiger charge is 2.16. The Balaban J connectivity index is 1.64. The molecule has 0 saturated heterocycles. The molecule has 1 heterocycles. The third-order valence-electron chi connectivity index (χ3n) is 5.78. The van der Waals surface area contributed by atoms with Crippen molar-refractivity contribution in [2.75, 3.05) is 6.61 Å². The van der Waals surface area contributed by atoms with Crippen molar-refractivity contribution >= 4 is 16.9 Å². The lowest BCUT2D eigenvalue weighted by Gasteiger charge is -2.23. The molecule has 1 aromatic heterocycles. The number of carbonyl (C=O) groups is 1. The van der Waals surface area contributed by atoms with E-state index >= 15 is 0 Å². The second-order valence-corrected chi connectivity index (χ2v) is 7.95. The van der Waals surface area contributed by atoms with Crippen LogP contribution in [-0.4, -0.2) is 22.7 Å². The van der Waals surface area contributed by atoms with Crippen molar-refractivity contribution in [1.29, 1.82) is 0 Å². The number of aliphatic carboxylic acids is 1. The van der Waals surface area contributed by atoms with Gasteiger partial charge in [-0.05, 0) is 66.6 Å². The lowest BCUT2D eigenvalue weighted by Crippen LogP contribution is -2.15. The molecule has 2 aromatic carbocycles. The van der Waals surface area contributed by atoms with Crippen molar-refractivity contribution in [3.63, 3.8) is 0 Å². The van der Waals surface area contributed by atoms with Crippen LogP contribution in [-0.2, 0) is 11.2 Å². The van der Waals surface area contributed by atoms with E-state index in [4.69, 9.17) is 9.84 Å². The summed E-state index contributed by atoms with van der Waals surface area (Å²) in [6.45, 7) is 0.747. The molecule has 1 aliphatic carbocycles. The Kier molecular flexibility index (Phi) is 6.09. The first-order chi connectivity index (χ1) is 14.2. The van der Waals surface area contributed by atoms with Crippen LogP contribution >= 0.6 is 0 Å². The summed E-state index contributed by atoms with van der Waals surface area (Å²) in [5.74, 6) is 0.725. The molecule has 0 atom stereocenters. The van der Waals surface area contributed by atoms with Crippen molar-refractivity contribution < 1.29 is 14.6 Å². The van der Waals surface area contributed by atoms with Crippen LogP contribution in [0.4, 0.5) is 0 Å². The van der Waals surface area contributed by atoms with Crippen LogP contribution < -0.4 is 4.74 Å². The first-order valence-electron chi connectivity index (χ1n) is 10.5. The summed E-state index contributed by atoms with van der Waals surface area (Å²) >= 11 is 0. The molecular formula is C25H27NO3. The zero-order valence-corrected chi connectivity index (χ0v) is 16.6. The van der Waals surface area contributed by atoms with E-state index in [0.29, 0.717) is 12.3 Å². The summed E-state index contributed by atoms with van der Waals surface area (Å²) in [5.41, 5.74) is 4.07. The SMILES string of the molecule is O=C(O)CCc1ccc(OCC2CCCCC2)c(-c2ccc3ncccc3c2)c1. The molecule has 4 nitrogen and oxygen atoms in total. The summed E-state index contributed by atoms with van der Waals surface area (Å²) in [5, 5.41) is 10.1. The van der Waals surface area contributed by atoms with Gasteiger partial charge in [-0.2, -0.15) is 0 Å². The first-order valence-corrected chi connectivity index (χ1v) is 10.5. The summed E-state index contributed by atoms with van der Waals surface area (Å²) in [7, 11) is 0. The van der Waals surface area contributed by atoms with Gasteiger partial charge in [0.25, 0.3) is 0 Å². The van der Waals surface area contributed by atoms with E-state index in [-0.39, 0.29) is 6.42 Å². The molecule has 0 bridgehead atoms. The number of hydrogen-bond acceptors (Lipinski definition) is 3. The molecule has 0 spiro atoms. The highest BCUT2D eigenvalue weighted by Crippen LogP contribution is 2.34. The number of hydrogen-bond donors (Lipinski definition) is 1. The molecule has 1 saturated carbocycles. The van der Waals surface area contributed by atoms with E-state index < -0.39 is 5.97 Å². The number of aromatic nitrogens is 1. The maximum absolute atomic E-state index is 11.0. The first kappa shape index (κ1) is 19.4. The molecule has 1 fully saturated rings. The van der Waals surface area contributed by atoms with E-state index in [1.807, 2.05) is 24.3 Å². The topological polar surface area (TPSA) is 59.4 Å². The Labute approximate surface area is 171 Å². The molecule has 0 aliphatic heterocycles. The van der Waals surface area contributed by atoms with E-state index in [2.05, 4.69) is 29.2 Å². The largest absolute Gasteiger partial charge is 0.493 e. The lowest BCUT2D eigenvalue weighted by atomic mass is 9.90. The number of aryl methyl sites for hydroxylation is 1. The Morgan fingerprint density at radius 1 is 1.07 bits per heavy atom. The van der Waals surface area contributed by atoms with Crippen molar-refractivity contribution in [3.05, 3.63) is 60.3 Å². The molecule has 0 radical (unpaired) electrons. The highest BCUT2D eigenvalue weighted by molar-refractivity contribution is 5.85. The van der Waals surface area contributed by atoms with Gasteiger partial charge >= 0.3 is 5.97 Å². The number of carboxylic acids is 1. The summed E-state index contributed by atoms with van der Waals surface area (Å²) in [4.78, 5) is 15.4. The monoisotopic (exact) mass is 389 g/mol. The Bertz CT molecular complexity index is 992. The second-order valence-electron chi connectivity index (χ2n) is 7.95. The third-order valence-corrected chi connectivity index (χ3v) is 5.78. The van der Waals surface area contributed by atoms with E-state index in [0.717, 1.165) is 39.9 Å². The minimum Gasteiger partial charge on any atom is -0.493 e. The van der Waals surface area contributed by atoms with Crippen LogP contribution in [0, 0.1) is 5.92 Å². The Morgan fingerprint density at radius 2 is 1.93 bits per heavy atom. The molecule has 3 aromatic rings. The van der Waals surface area contributed by atoms with Gasteiger partial charge in [-0.3, -0.25) is 9.78 Å². The molecule has 1 aliphatic rings. The molecule has 4 heteroatoms.